The molecule has 0 saturated heterocycles. The van der Waals surface area contributed by atoms with Gasteiger partial charge in [0.25, 0.3) is 5.91 Å². The molecule has 258 valence electrons. The quantitative estimate of drug-likeness (QED) is 0.138. The third-order valence-corrected chi connectivity index (χ3v) is 8.65. The van der Waals surface area contributed by atoms with E-state index in [1.165, 1.54) is 7.11 Å². The number of carbonyl (C=O) groups excluding carboxylic acids is 3. The summed E-state index contributed by atoms with van der Waals surface area (Å²) in [5.74, 6) is -0.680. The van der Waals surface area contributed by atoms with Crippen molar-refractivity contribution in [1.29, 1.82) is 0 Å². The molecular weight excluding hydrogens is 651 g/mol. The number of hydrogen-bond acceptors (Lipinski definition) is 6. The van der Waals surface area contributed by atoms with E-state index >= 15 is 0 Å². The molecule has 9 nitrogen and oxygen atoms in total. The zero-order valence-electron chi connectivity index (χ0n) is 28.8. The molecule has 0 aliphatic carbocycles. The van der Waals surface area contributed by atoms with Crippen LogP contribution in [0.4, 0.5) is 16.2 Å². The van der Waals surface area contributed by atoms with Crippen molar-refractivity contribution in [3.8, 4) is 5.75 Å². The maximum atomic E-state index is 14.3. The van der Waals surface area contributed by atoms with Gasteiger partial charge in [-0.3, -0.25) is 9.59 Å². The average molecular weight is 698 g/mol. The predicted molar refractivity (Wildman–Crippen MR) is 192 cm³/mol. The second-order valence-corrected chi connectivity index (χ2v) is 14.8. The Morgan fingerprint density at radius 2 is 1.67 bits per heavy atom. The van der Waals surface area contributed by atoms with Gasteiger partial charge in [0.1, 0.15) is 11.4 Å². The normalized spacial score (nSPS) is 14.5. The monoisotopic (exact) mass is 696 g/mol. The molecule has 1 aliphatic heterocycles. The molecule has 4 N–H and O–H groups in total. The molecule has 0 fully saturated rings. The molecule has 0 saturated carbocycles. The highest BCUT2D eigenvalue weighted by molar-refractivity contribution is 6.35. The van der Waals surface area contributed by atoms with Gasteiger partial charge in [0.15, 0.2) is 0 Å². The van der Waals surface area contributed by atoms with Crippen LogP contribution >= 0.6 is 23.2 Å². The van der Waals surface area contributed by atoms with Crippen molar-refractivity contribution in [3.05, 3.63) is 86.4 Å². The van der Waals surface area contributed by atoms with Crippen LogP contribution in [0.5, 0.6) is 5.75 Å². The first kappa shape index (κ1) is 36.9. The number of aryl methyl sites for hydroxylation is 1. The van der Waals surface area contributed by atoms with Gasteiger partial charge in [-0.05, 0) is 96.2 Å². The molecule has 11 heteroatoms. The average Bonchev–Trinajstić information content (AvgIpc) is 3.26. The highest BCUT2D eigenvalue weighted by atomic mass is 35.5. The molecule has 1 aliphatic rings. The summed E-state index contributed by atoms with van der Waals surface area (Å²) in [6, 6.07) is 14.4. The van der Waals surface area contributed by atoms with Gasteiger partial charge in [0.05, 0.1) is 36.0 Å². The van der Waals surface area contributed by atoms with Crippen LogP contribution in [-0.4, -0.2) is 42.7 Å². The summed E-state index contributed by atoms with van der Waals surface area (Å²) >= 11 is 13.5. The molecule has 3 aromatic carbocycles. The Bertz CT molecular complexity index is 1680. The molecule has 1 heterocycles. The van der Waals surface area contributed by atoms with Crippen LogP contribution in [0.2, 0.25) is 10.0 Å². The lowest BCUT2D eigenvalue weighted by Crippen LogP contribution is -2.40. The number of methoxy groups -OCH3 is 1. The first-order valence-corrected chi connectivity index (χ1v) is 16.9. The van der Waals surface area contributed by atoms with E-state index in [9.17, 15) is 14.4 Å². The number of nitrogens with one attached hydrogen (secondary N) is 2. The number of alkyl carbamates (subject to hydrolysis) is 1. The Morgan fingerprint density at radius 3 is 2.31 bits per heavy atom. The van der Waals surface area contributed by atoms with Crippen molar-refractivity contribution < 1.29 is 23.9 Å². The van der Waals surface area contributed by atoms with Gasteiger partial charge in [-0.2, -0.15) is 0 Å². The van der Waals surface area contributed by atoms with Crippen molar-refractivity contribution >= 4 is 52.5 Å². The molecule has 1 atom stereocenters. The fourth-order valence-electron chi connectivity index (χ4n) is 5.72. The number of anilines is 2. The van der Waals surface area contributed by atoms with Gasteiger partial charge in [0.2, 0.25) is 5.91 Å². The van der Waals surface area contributed by atoms with Crippen LogP contribution < -0.4 is 26.0 Å². The summed E-state index contributed by atoms with van der Waals surface area (Å²) in [7, 11) is 1.54. The molecule has 0 radical (unpaired) electrons. The van der Waals surface area contributed by atoms with E-state index in [1.54, 1.807) is 29.2 Å². The molecular formula is C37H46Cl2N4O5. The lowest BCUT2D eigenvalue weighted by atomic mass is 9.90. The summed E-state index contributed by atoms with van der Waals surface area (Å²) in [6.07, 6.45) is 2.58. The number of ether oxygens (including phenoxy) is 2. The van der Waals surface area contributed by atoms with E-state index in [1.807, 2.05) is 65.8 Å². The Hall–Kier alpha value is -3.95. The van der Waals surface area contributed by atoms with Gasteiger partial charge in [-0.1, -0.05) is 53.9 Å². The summed E-state index contributed by atoms with van der Waals surface area (Å²) in [4.78, 5) is 40.8. The molecule has 4 rings (SSSR count). The maximum Gasteiger partial charge on any atom is 0.407 e. The van der Waals surface area contributed by atoms with Crippen molar-refractivity contribution in [3.63, 3.8) is 0 Å². The first-order valence-electron chi connectivity index (χ1n) is 16.1. The van der Waals surface area contributed by atoms with Crippen LogP contribution in [0.25, 0.3) is 0 Å². The number of hydrogen-bond donors (Lipinski definition) is 3. The Labute approximate surface area is 293 Å². The molecule has 3 amide bonds. The van der Waals surface area contributed by atoms with Gasteiger partial charge < -0.3 is 30.7 Å². The highest BCUT2D eigenvalue weighted by Crippen LogP contribution is 2.50. The van der Waals surface area contributed by atoms with E-state index in [2.05, 4.69) is 10.6 Å². The third kappa shape index (κ3) is 8.94. The van der Waals surface area contributed by atoms with Crippen LogP contribution in [0.3, 0.4) is 0 Å². The lowest BCUT2D eigenvalue weighted by Gasteiger charge is -2.22. The number of nitrogens with zero attached hydrogens (tertiary/aromatic N) is 1. The second-order valence-electron chi connectivity index (χ2n) is 14.0. The molecule has 0 spiro atoms. The van der Waals surface area contributed by atoms with E-state index < -0.39 is 23.2 Å². The lowest BCUT2D eigenvalue weighted by molar-refractivity contribution is -0.118. The number of rotatable bonds is 11. The summed E-state index contributed by atoms with van der Waals surface area (Å²) < 4.78 is 11.0. The number of amides is 3. The van der Waals surface area contributed by atoms with Crippen LogP contribution in [0.15, 0.2) is 48.5 Å². The Balaban J connectivity index is 1.61. The molecule has 1 unspecified atom stereocenters. The fraction of sp³-hybridized carbons (Fsp3) is 0.432. The highest BCUT2D eigenvalue weighted by Gasteiger charge is 2.42. The molecule has 0 bridgehead atoms. The molecule has 0 aromatic heterocycles. The van der Waals surface area contributed by atoms with Crippen molar-refractivity contribution in [2.75, 3.05) is 24.3 Å². The number of halogens is 2. The SMILES string of the molecule is COc1cc(C(=O)NC(C)(C)C)ccc1CN1C(=O)C(c2ccccc2Cl)c2c1cc(CCCCCNC(=O)OC(C)(C)C)c(Cl)c2N. The third-order valence-electron chi connectivity index (χ3n) is 7.86. The van der Waals surface area contributed by atoms with E-state index in [4.69, 9.17) is 38.4 Å². The molecule has 3 aromatic rings. The maximum absolute atomic E-state index is 14.3. The minimum atomic E-state index is -0.748. The number of nitrogen functional groups attached to an aromatic ring is 1. The largest absolute Gasteiger partial charge is 0.496 e. The van der Waals surface area contributed by atoms with Gasteiger partial charge >= 0.3 is 6.09 Å². The first-order chi connectivity index (χ1) is 22.5. The standard InChI is InChI=1S/C37H46Cl2N4O5/c1-36(2,3)42-33(44)23-16-17-24(28(20-23)47-7)21-43-27-19-22(13-9-8-12-18-41-35(46)48-37(4,5)6)31(39)32(40)30(27)29(34(43)45)25-14-10-11-15-26(25)38/h10-11,14-17,19-20,29H,8-9,12-13,18,21,40H2,1-7H3,(H,41,46)(H,42,44). The fourth-order valence-corrected chi connectivity index (χ4v) is 6.22. The molecule has 48 heavy (non-hydrogen) atoms. The van der Waals surface area contributed by atoms with Crippen LogP contribution in [0.1, 0.15) is 99.3 Å². The second kappa shape index (κ2) is 15.1. The predicted octanol–water partition coefficient (Wildman–Crippen LogP) is 8.03. The smallest absolute Gasteiger partial charge is 0.407 e. The van der Waals surface area contributed by atoms with Crippen molar-refractivity contribution in [1.82, 2.24) is 10.6 Å². The number of fused-ring (bicyclic) bond motifs is 1. The summed E-state index contributed by atoms with van der Waals surface area (Å²) in [5, 5.41) is 6.62. The zero-order chi connectivity index (χ0) is 35.4. The zero-order valence-corrected chi connectivity index (χ0v) is 30.3. The van der Waals surface area contributed by atoms with Gasteiger partial charge in [-0.15, -0.1) is 0 Å². The number of unbranched alkanes of at least 4 members (excludes halogenated alkanes) is 2. The minimum absolute atomic E-state index is 0.175. The van der Waals surface area contributed by atoms with E-state index in [0.29, 0.717) is 56.8 Å². The topological polar surface area (TPSA) is 123 Å². The Morgan fingerprint density at radius 1 is 0.958 bits per heavy atom. The van der Waals surface area contributed by atoms with Crippen molar-refractivity contribution in [2.45, 2.75) is 90.8 Å². The number of nitrogens with two attached hydrogens (primary N) is 1. The van der Waals surface area contributed by atoms with E-state index in [0.717, 1.165) is 30.4 Å². The van der Waals surface area contributed by atoms with E-state index in [-0.39, 0.29) is 18.4 Å². The summed E-state index contributed by atoms with van der Waals surface area (Å²) in [6.45, 7) is 11.9. The Kier molecular flexibility index (Phi) is 11.6. The van der Waals surface area contributed by atoms with Gasteiger partial charge in [-0.25, -0.2) is 4.79 Å². The van der Waals surface area contributed by atoms with Gasteiger partial charge in [0, 0.05) is 33.8 Å². The van der Waals surface area contributed by atoms with Crippen LogP contribution in [-0.2, 0) is 22.5 Å². The minimum Gasteiger partial charge on any atom is -0.496 e. The number of carbonyl (C=O) groups is 3. The summed E-state index contributed by atoms with van der Waals surface area (Å²) in [5.41, 5.74) is 10.0. The van der Waals surface area contributed by atoms with Crippen LogP contribution in [0, 0.1) is 0 Å². The van der Waals surface area contributed by atoms with Crippen molar-refractivity contribution in [2.24, 2.45) is 0 Å². The number of benzene rings is 3.